The number of aromatic nitrogens is 2. The van der Waals surface area contributed by atoms with E-state index in [1.54, 1.807) is 6.92 Å². The average molecular weight is 350 g/mol. The highest BCUT2D eigenvalue weighted by molar-refractivity contribution is 5.76. The van der Waals surface area contributed by atoms with Crippen molar-refractivity contribution in [3.63, 3.8) is 0 Å². The minimum atomic E-state index is -0.485. The molecule has 0 atom stereocenters. The summed E-state index contributed by atoms with van der Waals surface area (Å²) in [6.07, 6.45) is 9.31. The first-order valence-corrected chi connectivity index (χ1v) is 9.38. The van der Waals surface area contributed by atoms with E-state index in [0.717, 1.165) is 44.9 Å². The van der Waals surface area contributed by atoms with Crippen molar-refractivity contribution < 1.29 is 14.1 Å². The molecule has 1 heterocycles. The number of aryl methyl sites for hydroxylation is 1. The summed E-state index contributed by atoms with van der Waals surface area (Å²) < 4.78 is 5.16. The van der Waals surface area contributed by atoms with E-state index in [4.69, 9.17) is 4.52 Å². The monoisotopic (exact) mass is 350 g/mol. The molecule has 2 rings (SSSR count). The number of nitrogens with one attached hydrogen (secondary N) is 2. The lowest BCUT2D eigenvalue weighted by molar-refractivity contribution is -0.123. The van der Waals surface area contributed by atoms with Crippen LogP contribution in [0.3, 0.4) is 0 Å². The van der Waals surface area contributed by atoms with Crippen LogP contribution in [0, 0.1) is 6.92 Å². The molecule has 0 bridgehead atoms. The number of amides is 2. The normalized spacial score (nSPS) is 16.9. The topological polar surface area (TPSA) is 97.1 Å². The molecule has 1 aromatic rings. The molecular weight excluding hydrogens is 320 g/mol. The molecule has 7 nitrogen and oxygen atoms in total. The fourth-order valence-corrected chi connectivity index (χ4v) is 3.41. The Morgan fingerprint density at radius 3 is 2.44 bits per heavy atom. The highest BCUT2D eigenvalue weighted by Crippen LogP contribution is 2.34. The van der Waals surface area contributed by atoms with Gasteiger partial charge in [-0.15, -0.1) is 0 Å². The smallest absolute Gasteiger partial charge is 0.223 e. The Balaban J connectivity index is 1.86. The molecule has 2 amide bonds. The molecule has 1 fully saturated rings. The van der Waals surface area contributed by atoms with Crippen LogP contribution in [0.1, 0.15) is 82.8 Å². The molecule has 7 heteroatoms. The molecule has 1 saturated carbocycles. The Morgan fingerprint density at radius 2 is 1.84 bits per heavy atom. The van der Waals surface area contributed by atoms with Crippen LogP contribution in [-0.2, 0) is 15.1 Å². The average Bonchev–Trinajstić information content (AvgIpc) is 2.87. The van der Waals surface area contributed by atoms with Crippen molar-refractivity contribution in [1.29, 1.82) is 0 Å². The van der Waals surface area contributed by atoms with E-state index in [0.29, 0.717) is 24.7 Å². The lowest BCUT2D eigenvalue weighted by atomic mass is 9.89. The van der Waals surface area contributed by atoms with E-state index in [-0.39, 0.29) is 11.8 Å². The number of carbonyl (C=O) groups is 2. The molecule has 1 aliphatic rings. The highest BCUT2D eigenvalue weighted by atomic mass is 16.5. The number of carbonyl (C=O) groups excluding carboxylic acids is 2. The van der Waals surface area contributed by atoms with E-state index >= 15 is 0 Å². The number of nitrogens with zero attached hydrogens (tertiary/aromatic N) is 2. The van der Waals surface area contributed by atoms with Crippen molar-refractivity contribution >= 4 is 11.8 Å². The van der Waals surface area contributed by atoms with Crippen LogP contribution in [0.4, 0.5) is 0 Å². The Labute approximate surface area is 149 Å². The van der Waals surface area contributed by atoms with Gasteiger partial charge in [-0.25, -0.2) is 0 Å². The molecule has 140 valence electrons. The largest absolute Gasteiger partial charge is 0.356 e. The van der Waals surface area contributed by atoms with E-state index in [1.165, 1.54) is 19.8 Å². The molecular formula is C18H30N4O3. The van der Waals surface area contributed by atoms with Crippen molar-refractivity contribution in [1.82, 2.24) is 20.8 Å². The van der Waals surface area contributed by atoms with Gasteiger partial charge in [0.2, 0.25) is 17.7 Å². The van der Waals surface area contributed by atoms with Crippen LogP contribution in [0.5, 0.6) is 0 Å². The SMILES string of the molecule is CC(=O)NCCCCCC(=O)NC1(c2noc(C)n2)CCCCCC1. The zero-order chi connectivity index (χ0) is 18.1. The van der Waals surface area contributed by atoms with Gasteiger partial charge in [0.1, 0.15) is 5.54 Å². The summed E-state index contributed by atoms with van der Waals surface area (Å²) in [5.41, 5.74) is -0.485. The first kappa shape index (κ1) is 19.4. The molecule has 0 aliphatic heterocycles. The second kappa shape index (κ2) is 9.53. The first-order chi connectivity index (χ1) is 12.0. The van der Waals surface area contributed by atoms with E-state index in [1.807, 2.05) is 0 Å². The quantitative estimate of drug-likeness (QED) is 0.555. The number of unbranched alkanes of at least 4 members (excludes halogenated alkanes) is 2. The molecule has 1 aromatic heterocycles. The number of rotatable bonds is 8. The van der Waals surface area contributed by atoms with Gasteiger partial charge in [0.25, 0.3) is 0 Å². The first-order valence-electron chi connectivity index (χ1n) is 9.38. The summed E-state index contributed by atoms with van der Waals surface area (Å²) in [6, 6.07) is 0. The van der Waals surface area contributed by atoms with Crippen molar-refractivity contribution in [2.75, 3.05) is 6.54 Å². The van der Waals surface area contributed by atoms with Gasteiger partial charge in [-0.05, 0) is 25.7 Å². The second-order valence-corrected chi connectivity index (χ2v) is 6.98. The Morgan fingerprint density at radius 1 is 1.12 bits per heavy atom. The maximum absolute atomic E-state index is 12.5. The van der Waals surface area contributed by atoms with Crippen molar-refractivity contribution in [3.8, 4) is 0 Å². The van der Waals surface area contributed by atoms with Gasteiger partial charge >= 0.3 is 0 Å². The molecule has 2 N–H and O–H groups in total. The summed E-state index contributed by atoms with van der Waals surface area (Å²) in [5.74, 6) is 1.18. The number of hydrogen-bond acceptors (Lipinski definition) is 5. The van der Waals surface area contributed by atoms with E-state index in [2.05, 4.69) is 20.8 Å². The van der Waals surface area contributed by atoms with Crippen LogP contribution >= 0.6 is 0 Å². The lowest BCUT2D eigenvalue weighted by Crippen LogP contribution is -2.46. The van der Waals surface area contributed by atoms with Crippen LogP contribution in [0.2, 0.25) is 0 Å². The summed E-state index contributed by atoms with van der Waals surface area (Å²) >= 11 is 0. The van der Waals surface area contributed by atoms with E-state index < -0.39 is 5.54 Å². The van der Waals surface area contributed by atoms with Crippen LogP contribution in [0.25, 0.3) is 0 Å². The van der Waals surface area contributed by atoms with Gasteiger partial charge in [-0.2, -0.15) is 4.98 Å². The third-order valence-corrected chi connectivity index (χ3v) is 4.75. The van der Waals surface area contributed by atoms with Crippen LogP contribution in [0.15, 0.2) is 4.52 Å². The third-order valence-electron chi connectivity index (χ3n) is 4.75. The van der Waals surface area contributed by atoms with Gasteiger partial charge in [-0.1, -0.05) is 37.3 Å². The van der Waals surface area contributed by atoms with Crippen LogP contribution in [-0.4, -0.2) is 28.5 Å². The standard InChI is InChI=1S/C18H30N4O3/c1-14(23)19-13-9-5-6-10-16(24)21-18(11-7-3-4-8-12-18)17-20-15(2)25-22-17/h3-13H2,1-2H3,(H,19,23)(H,21,24). The zero-order valence-electron chi connectivity index (χ0n) is 15.4. The van der Waals surface area contributed by atoms with E-state index in [9.17, 15) is 9.59 Å². The van der Waals surface area contributed by atoms with Gasteiger partial charge in [0.15, 0.2) is 5.82 Å². The predicted molar refractivity (Wildman–Crippen MR) is 93.7 cm³/mol. The second-order valence-electron chi connectivity index (χ2n) is 6.98. The van der Waals surface area contributed by atoms with Gasteiger partial charge in [-0.3, -0.25) is 9.59 Å². The highest BCUT2D eigenvalue weighted by Gasteiger charge is 2.38. The van der Waals surface area contributed by atoms with Gasteiger partial charge < -0.3 is 15.2 Å². The lowest BCUT2D eigenvalue weighted by Gasteiger charge is -2.30. The summed E-state index contributed by atoms with van der Waals surface area (Å²) in [5, 5.41) is 10.1. The molecule has 0 saturated heterocycles. The molecule has 0 unspecified atom stereocenters. The fourth-order valence-electron chi connectivity index (χ4n) is 3.41. The van der Waals surface area contributed by atoms with Gasteiger partial charge in [0, 0.05) is 26.8 Å². The molecule has 25 heavy (non-hydrogen) atoms. The van der Waals surface area contributed by atoms with Gasteiger partial charge in [0.05, 0.1) is 0 Å². The third kappa shape index (κ3) is 6.14. The van der Waals surface area contributed by atoms with Crippen molar-refractivity contribution in [2.45, 2.75) is 83.6 Å². The molecule has 0 aromatic carbocycles. The van der Waals surface area contributed by atoms with Crippen molar-refractivity contribution in [3.05, 3.63) is 11.7 Å². The maximum Gasteiger partial charge on any atom is 0.223 e. The van der Waals surface area contributed by atoms with Crippen molar-refractivity contribution in [2.24, 2.45) is 0 Å². The predicted octanol–water partition coefficient (Wildman–Crippen LogP) is 2.74. The summed E-state index contributed by atoms with van der Waals surface area (Å²) in [6.45, 7) is 3.96. The number of hydrogen-bond donors (Lipinski definition) is 2. The summed E-state index contributed by atoms with van der Waals surface area (Å²) in [4.78, 5) is 27.7. The Bertz CT molecular complexity index is 562. The minimum Gasteiger partial charge on any atom is -0.356 e. The zero-order valence-corrected chi connectivity index (χ0v) is 15.4. The van der Waals surface area contributed by atoms with Crippen LogP contribution < -0.4 is 10.6 Å². The maximum atomic E-state index is 12.5. The molecule has 1 aliphatic carbocycles. The fraction of sp³-hybridized carbons (Fsp3) is 0.778. The Kier molecular flexibility index (Phi) is 7.40. The molecule has 0 spiro atoms. The molecule has 0 radical (unpaired) electrons. The minimum absolute atomic E-state index is 0.0107. The summed E-state index contributed by atoms with van der Waals surface area (Å²) in [7, 11) is 0. The Hall–Kier alpha value is -1.92.